The van der Waals surface area contributed by atoms with E-state index in [0.717, 1.165) is 11.3 Å². The molecule has 0 bridgehead atoms. The molecular weight excluding hydrogens is 452 g/mol. The van der Waals surface area contributed by atoms with Crippen LogP contribution >= 0.6 is 11.3 Å². The molecule has 0 radical (unpaired) electrons. The van der Waals surface area contributed by atoms with E-state index in [0.29, 0.717) is 10.7 Å². The van der Waals surface area contributed by atoms with Crippen molar-refractivity contribution in [2.75, 3.05) is 11.9 Å². The quantitative estimate of drug-likeness (QED) is 0.384. The largest absolute Gasteiger partial charge is 0.452 e. The number of ether oxygens (including phenoxy) is 1. The van der Waals surface area contributed by atoms with Crippen LogP contribution in [0.5, 0.6) is 0 Å². The zero-order chi connectivity index (χ0) is 23.7. The van der Waals surface area contributed by atoms with Crippen molar-refractivity contribution in [2.45, 2.75) is 0 Å². The molecule has 0 spiro atoms. The molecule has 8 heteroatoms. The number of thiazole rings is 1. The molecular formula is C26H16N2O5S. The molecule has 0 saturated heterocycles. The molecule has 1 heterocycles. The first-order valence-electron chi connectivity index (χ1n) is 10.3. The van der Waals surface area contributed by atoms with Crippen LogP contribution in [-0.4, -0.2) is 35.0 Å². The molecule has 166 valence electrons. The molecule has 0 atom stereocenters. The Morgan fingerprint density at radius 3 is 2.26 bits per heavy atom. The fourth-order valence-corrected chi connectivity index (χ4v) is 4.49. The standard InChI is InChI=1S/C26H16N2O5S/c29-21(28-26-27-20(14-34-26)15-7-2-1-3-8-15)13-33-25(32)19-12-6-11-18-22(19)24(31)17-10-5-4-9-16(17)23(18)30/h1-12,14H,13H2,(H,27,28,29). The van der Waals surface area contributed by atoms with E-state index in [9.17, 15) is 19.2 Å². The molecule has 1 aromatic heterocycles. The van der Waals surface area contributed by atoms with Crippen LogP contribution in [0.1, 0.15) is 42.2 Å². The summed E-state index contributed by atoms with van der Waals surface area (Å²) < 4.78 is 5.15. The maximum Gasteiger partial charge on any atom is 0.339 e. The van der Waals surface area contributed by atoms with Crippen molar-refractivity contribution >= 4 is 39.9 Å². The van der Waals surface area contributed by atoms with Gasteiger partial charge in [0.15, 0.2) is 23.3 Å². The van der Waals surface area contributed by atoms with E-state index >= 15 is 0 Å². The molecule has 5 rings (SSSR count). The van der Waals surface area contributed by atoms with Gasteiger partial charge in [-0.05, 0) is 6.07 Å². The van der Waals surface area contributed by atoms with E-state index in [-0.39, 0.29) is 28.0 Å². The highest BCUT2D eigenvalue weighted by atomic mass is 32.1. The molecule has 3 aromatic carbocycles. The normalized spacial score (nSPS) is 12.0. The van der Waals surface area contributed by atoms with Gasteiger partial charge in [0.2, 0.25) is 0 Å². The first kappa shape index (κ1) is 21.4. The molecule has 0 unspecified atom stereocenters. The Kier molecular flexibility index (Phi) is 5.57. The van der Waals surface area contributed by atoms with Crippen LogP contribution < -0.4 is 5.32 Å². The van der Waals surface area contributed by atoms with Gasteiger partial charge in [-0.15, -0.1) is 11.3 Å². The molecule has 7 nitrogen and oxygen atoms in total. The van der Waals surface area contributed by atoms with Crippen LogP contribution in [0.4, 0.5) is 5.13 Å². The second-order valence-electron chi connectivity index (χ2n) is 7.46. The van der Waals surface area contributed by atoms with Gasteiger partial charge < -0.3 is 4.74 Å². The van der Waals surface area contributed by atoms with Gasteiger partial charge in [0.1, 0.15) is 0 Å². The smallest absolute Gasteiger partial charge is 0.339 e. The van der Waals surface area contributed by atoms with Crippen molar-refractivity contribution in [2.24, 2.45) is 0 Å². The van der Waals surface area contributed by atoms with E-state index in [1.54, 1.807) is 24.3 Å². The fraction of sp³-hybridized carbons (Fsp3) is 0.0385. The van der Waals surface area contributed by atoms with Gasteiger partial charge in [0.05, 0.1) is 11.3 Å². The minimum absolute atomic E-state index is 0.0102. The van der Waals surface area contributed by atoms with Crippen molar-refractivity contribution in [3.05, 3.63) is 106 Å². The second-order valence-corrected chi connectivity index (χ2v) is 8.32. The van der Waals surface area contributed by atoms with Crippen molar-refractivity contribution in [3.8, 4) is 11.3 Å². The van der Waals surface area contributed by atoms with Crippen molar-refractivity contribution in [1.82, 2.24) is 4.98 Å². The van der Waals surface area contributed by atoms with Crippen LogP contribution in [0.3, 0.4) is 0 Å². The van der Waals surface area contributed by atoms with Crippen molar-refractivity contribution in [1.29, 1.82) is 0 Å². The average Bonchev–Trinajstić information content (AvgIpc) is 3.34. The molecule has 0 saturated carbocycles. The summed E-state index contributed by atoms with van der Waals surface area (Å²) in [6, 6.07) is 20.4. The number of anilines is 1. The summed E-state index contributed by atoms with van der Waals surface area (Å²) >= 11 is 1.25. The predicted octanol–water partition coefficient (Wildman–Crippen LogP) is 4.38. The number of rotatable bonds is 5. The lowest BCUT2D eigenvalue weighted by molar-refractivity contribution is -0.119. The number of carbonyl (C=O) groups excluding carboxylic acids is 4. The van der Waals surface area contributed by atoms with Gasteiger partial charge >= 0.3 is 5.97 Å². The number of benzene rings is 3. The summed E-state index contributed by atoms with van der Waals surface area (Å²) in [5, 5.41) is 4.78. The van der Waals surface area contributed by atoms with Gasteiger partial charge in [-0.3, -0.25) is 19.7 Å². The lowest BCUT2D eigenvalue weighted by Crippen LogP contribution is -2.26. The zero-order valence-electron chi connectivity index (χ0n) is 17.6. The minimum atomic E-state index is -0.864. The Bertz CT molecular complexity index is 1460. The summed E-state index contributed by atoms with van der Waals surface area (Å²) in [5.74, 6) is -2.20. The first-order valence-corrected chi connectivity index (χ1v) is 11.2. The number of ketones is 2. The Labute approximate surface area is 198 Å². The van der Waals surface area contributed by atoms with Crippen molar-refractivity contribution in [3.63, 3.8) is 0 Å². The molecule has 1 amide bonds. The molecule has 0 fully saturated rings. The zero-order valence-corrected chi connectivity index (χ0v) is 18.4. The number of esters is 1. The molecule has 0 aliphatic heterocycles. The number of fused-ring (bicyclic) bond motifs is 2. The number of amides is 1. The molecule has 1 aliphatic rings. The minimum Gasteiger partial charge on any atom is -0.452 e. The number of carbonyl (C=O) groups is 4. The maximum atomic E-state index is 13.0. The summed E-state index contributed by atoms with van der Waals surface area (Å²) in [4.78, 5) is 55.3. The van der Waals surface area contributed by atoms with Gasteiger partial charge in [0, 0.05) is 33.2 Å². The SMILES string of the molecule is O=C(COC(=O)c1cccc2c1C(=O)c1ccccc1C2=O)Nc1nc(-c2ccccc2)cs1. The Morgan fingerprint density at radius 2 is 1.50 bits per heavy atom. The third-order valence-electron chi connectivity index (χ3n) is 5.33. The van der Waals surface area contributed by atoms with E-state index in [2.05, 4.69) is 10.3 Å². The number of hydrogen-bond donors (Lipinski definition) is 1. The number of nitrogens with zero attached hydrogens (tertiary/aromatic N) is 1. The van der Waals surface area contributed by atoms with Gasteiger partial charge in [-0.2, -0.15) is 0 Å². The van der Waals surface area contributed by atoms with Gasteiger partial charge in [0.25, 0.3) is 5.91 Å². The molecule has 1 aliphatic carbocycles. The van der Waals surface area contributed by atoms with Crippen LogP contribution in [-0.2, 0) is 9.53 Å². The monoisotopic (exact) mass is 468 g/mol. The first-order chi connectivity index (χ1) is 16.5. The molecule has 34 heavy (non-hydrogen) atoms. The Morgan fingerprint density at radius 1 is 0.824 bits per heavy atom. The third kappa shape index (κ3) is 3.91. The number of aromatic nitrogens is 1. The predicted molar refractivity (Wildman–Crippen MR) is 126 cm³/mol. The van der Waals surface area contributed by atoms with E-state index < -0.39 is 24.3 Å². The fourth-order valence-electron chi connectivity index (χ4n) is 3.75. The molecule has 1 N–H and O–H groups in total. The molecule has 4 aromatic rings. The van der Waals surface area contributed by atoms with Crippen LogP contribution in [0, 0.1) is 0 Å². The van der Waals surface area contributed by atoms with Gasteiger partial charge in [-0.1, -0.05) is 66.7 Å². The lowest BCUT2D eigenvalue weighted by Gasteiger charge is -2.19. The Balaban J connectivity index is 1.29. The van der Waals surface area contributed by atoms with Crippen molar-refractivity contribution < 1.29 is 23.9 Å². The van der Waals surface area contributed by atoms with Gasteiger partial charge in [-0.25, -0.2) is 9.78 Å². The highest BCUT2D eigenvalue weighted by molar-refractivity contribution is 7.14. The average molecular weight is 468 g/mol. The highest BCUT2D eigenvalue weighted by Crippen LogP contribution is 2.30. The van der Waals surface area contributed by atoms with Crippen LogP contribution in [0.15, 0.2) is 78.2 Å². The maximum absolute atomic E-state index is 13.0. The van der Waals surface area contributed by atoms with E-state index in [1.807, 2.05) is 35.7 Å². The van der Waals surface area contributed by atoms with E-state index in [4.69, 9.17) is 4.74 Å². The summed E-state index contributed by atoms with van der Waals surface area (Å²) in [5.41, 5.74) is 2.23. The van der Waals surface area contributed by atoms with Crippen LogP contribution in [0.25, 0.3) is 11.3 Å². The summed E-state index contributed by atoms with van der Waals surface area (Å²) in [7, 11) is 0. The highest BCUT2D eigenvalue weighted by Gasteiger charge is 2.33. The number of nitrogens with one attached hydrogen (secondary N) is 1. The number of hydrogen-bond acceptors (Lipinski definition) is 7. The Hall–Kier alpha value is -4.43. The summed E-state index contributed by atoms with van der Waals surface area (Å²) in [6.07, 6.45) is 0. The summed E-state index contributed by atoms with van der Waals surface area (Å²) in [6.45, 7) is -0.568. The van der Waals surface area contributed by atoms with E-state index in [1.165, 1.54) is 29.5 Å². The third-order valence-corrected chi connectivity index (χ3v) is 6.08. The second kappa shape index (κ2) is 8.84. The lowest BCUT2D eigenvalue weighted by atomic mass is 9.82. The topological polar surface area (TPSA) is 102 Å². The van der Waals surface area contributed by atoms with Crippen LogP contribution in [0.2, 0.25) is 0 Å².